The highest BCUT2D eigenvalue weighted by Gasteiger charge is 2.24. The Morgan fingerprint density at radius 2 is 1.92 bits per heavy atom. The molecule has 126 valence electrons. The number of amides is 1. The van der Waals surface area contributed by atoms with Crippen LogP contribution in [0.25, 0.3) is 0 Å². The lowest BCUT2D eigenvalue weighted by atomic mass is 10.2. The van der Waals surface area contributed by atoms with E-state index in [2.05, 4.69) is 20.7 Å². The van der Waals surface area contributed by atoms with Crippen molar-refractivity contribution in [2.45, 2.75) is 24.7 Å². The molecule has 2 aromatic rings. The van der Waals surface area contributed by atoms with Crippen molar-refractivity contribution in [1.29, 1.82) is 0 Å². The van der Waals surface area contributed by atoms with Crippen molar-refractivity contribution < 1.29 is 13.2 Å². The predicted molar refractivity (Wildman–Crippen MR) is 97.7 cm³/mol. The topological polar surface area (TPSA) is 66.5 Å². The highest BCUT2D eigenvalue weighted by molar-refractivity contribution is 9.10. The normalized spacial score (nSPS) is 14.9. The molecule has 1 aliphatic rings. The van der Waals surface area contributed by atoms with Crippen LogP contribution in [-0.4, -0.2) is 20.9 Å². The fourth-order valence-electron chi connectivity index (χ4n) is 2.75. The number of nitrogens with one attached hydrogen (secondary N) is 1. The van der Waals surface area contributed by atoms with Gasteiger partial charge in [-0.25, -0.2) is 8.42 Å². The van der Waals surface area contributed by atoms with E-state index >= 15 is 0 Å². The number of para-hydroxylation sites is 1. The van der Waals surface area contributed by atoms with E-state index in [1.54, 1.807) is 35.2 Å². The van der Waals surface area contributed by atoms with Crippen LogP contribution in [-0.2, 0) is 14.8 Å². The van der Waals surface area contributed by atoms with Gasteiger partial charge in [0.2, 0.25) is 5.91 Å². The van der Waals surface area contributed by atoms with Gasteiger partial charge in [0.05, 0.1) is 10.6 Å². The average molecular weight is 409 g/mol. The molecule has 0 radical (unpaired) electrons. The van der Waals surface area contributed by atoms with Crippen LogP contribution in [0, 0.1) is 6.92 Å². The molecule has 1 fully saturated rings. The molecule has 7 heteroatoms. The molecule has 5 nitrogen and oxygen atoms in total. The minimum Gasteiger partial charge on any atom is -0.312 e. The molecule has 0 bridgehead atoms. The number of anilines is 2. The summed E-state index contributed by atoms with van der Waals surface area (Å²) in [7, 11) is -3.70. The zero-order valence-corrected chi connectivity index (χ0v) is 15.5. The molecule has 0 aliphatic carbocycles. The van der Waals surface area contributed by atoms with E-state index in [0.717, 1.165) is 17.7 Å². The Balaban J connectivity index is 1.90. The van der Waals surface area contributed by atoms with E-state index in [9.17, 15) is 13.2 Å². The minimum atomic E-state index is -3.70. The second-order valence-electron chi connectivity index (χ2n) is 5.68. The van der Waals surface area contributed by atoms with Crippen molar-refractivity contribution in [3.8, 4) is 0 Å². The maximum atomic E-state index is 12.6. The second kappa shape index (κ2) is 6.57. The molecule has 1 heterocycles. The summed E-state index contributed by atoms with van der Waals surface area (Å²) in [4.78, 5) is 13.8. The number of carbonyl (C=O) groups excluding carboxylic acids is 1. The first-order chi connectivity index (χ1) is 11.4. The third-order valence-corrected chi connectivity index (χ3v) is 6.02. The van der Waals surface area contributed by atoms with Gasteiger partial charge < -0.3 is 4.90 Å². The Labute approximate surface area is 149 Å². The number of benzene rings is 2. The molecule has 2 aromatic carbocycles. The number of hydrogen-bond acceptors (Lipinski definition) is 3. The van der Waals surface area contributed by atoms with Gasteiger partial charge in [0.25, 0.3) is 10.0 Å². The van der Waals surface area contributed by atoms with Gasteiger partial charge in [0.1, 0.15) is 0 Å². The molecule has 0 unspecified atom stereocenters. The van der Waals surface area contributed by atoms with Gasteiger partial charge >= 0.3 is 0 Å². The summed E-state index contributed by atoms with van der Waals surface area (Å²) in [5.41, 5.74) is 2.02. The molecule has 24 heavy (non-hydrogen) atoms. The van der Waals surface area contributed by atoms with Crippen LogP contribution < -0.4 is 9.62 Å². The quantitative estimate of drug-likeness (QED) is 0.838. The van der Waals surface area contributed by atoms with Crippen LogP contribution in [0.3, 0.4) is 0 Å². The van der Waals surface area contributed by atoms with E-state index in [1.807, 2.05) is 13.0 Å². The number of halogens is 1. The zero-order chi connectivity index (χ0) is 17.3. The molecule has 1 aliphatic heterocycles. The van der Waals surface area contributed by atoms with E-state index < -0.39 is 10.0 Å². The van der Waals surface area contributed by atoms with Crippen LogP contribution in [0.4, 0.5) is 11.4 Å². The molecule has 0 atom stereocenters. The monoisotopic (exact) mass is 408 g/mol. The third-order valence-electron chi connectivity index (χ3n) is 3.96. The fraction of sp³-hybridized carbons (Fsp3) is 0.235. The maximum Gasteiger partial charge on any atom is 0.261 e. The van der Waals surface area contributed by atoms with Gasteiger partial charge in [0.15, 0.2) is 0 Å². The van der Waals surface area contributed by atoms with Crippen molar-refractivity contribution in [3.63, 3.8) is 0 Å². The summed E-state index contributed by atoms with van der Waals surface area (Å²) in [6.45, 7) is 2.50. The van der Waals surface area contributed by atoms with Gasteiger partial charge in [-0.05, 0) is 65.2 Å². The summed E-state index contributed by atoms with van der Waals surface area (Å²) in [5, 5.41) is 0. The lowest BCUT2D eigenvalue weighted by molar-refractivity contribution is -0.117. The van der Waals surface area contributed by atoms with Crippen molar-refractivity contribution in [1.82, 2.24) is 0 Å². The summed E-state index contributed by atoms with van der Waals surface area (Å²) in [6, 6.07) is 11.9. The maximum absolute atomic E-state index is 12.6. The van der Waals surface area contributed by atoms with Gasteiger partial charge in [-0.3, -0.25) is 9.52 Å². The molecule has 3 rings (SSSR count). The van der Waals surface area contributed by atoms with Gasteiger partial charge in [-0.15, -0.1) is 0 Å². The largest absolute Gasteiger partial charge is 0.312 e. The van der Waals surface area contributed by atoms with Crippen LogP contribution >= 0.6 is 15.9 Å². The van der Waals surface area contributed by atoms with Crippen LogP contribution in [0.1, 0.15) is 18.4 Å². The van der Waals surface area contributed by atoms with Gasteiger partial charge in [-0.2, -0.15) is 0 Å². The summed E-state index contributed by atoms with van der Waals surface area (Å²) in [5.74, 6) is 0.0834. The Kier molecular flexibility index (Phi) is 4.64. The highest BCUT2D eigenvalue weighted by atomic mass is 79.9. The van der Waals surface area contributed by atoms with E-state index in [4.69, 9.17) is 0 Å². The Morgan fingerprint density at radius 3 is 2.54 bits per heavy atom. The van der Waals surface area contributed by atoms with Gasteiger partial charge in [0, 0.05) is 23.1 Å². The number of aryl methyl sites for hydroxylation is 1. The van der Waals surface area contributed by atoms with Crippen molar-refractivity contribution >= 4 is 43.2 Å². The third kappa shape index (κ3) is 3.32. The SMILES string of the molecule is Cc1cc(S(=O)(=O)Nc2ccccc2Br)ccc1N1CCCC1=O. The van der Waals surface area contributed by atoms with Crippen LogP contribution in [0.5, 0.6) is 0 Å². The molecular weight excluding hydrogens is 392 g/mol. The van der Waals surface area contributed by atoms with Crippen LogP contribution in [0.15, 0.2) is 51.8 Å². The molecule has 0 aromatic heterocycles. The fourth-order valence-corrected chi connectivity index (χ4v) is 4.43. The summed E-state index contributed by atoms with van der Waals surface area (Å²) >= 11 is 3.33. The van der Waals surface area contributed by atoms with Gasteiger partial charge in [-0.1, -0.05) is 12.1 Å². The van der Waals surface area contributed by atoms with E-state index in [0.29, 0.717) is 23.1 Å². The lowest BCUT2D eigenvalue weighted by Crippen LogP contribution is -2.24. The first-order valence-corrected chi connectivity index (χ1v) is 9.84. The summed E-state index contributed by atoms with van der Waals surface area (Å²) < 4.78 is 28.4. The first-order valence-electron chi connectivity index (χ1n) is 7.57. The lowest BCUT2D eigenvalue weighted by Gasteiger charge is -2.19. The van der Waals surface area contributed by atoms with Crippen molar-refractivity contribution in [3.05, 3.63) is 52.5 Å². The molecule has 1 amide bonds. The average Bonchev–Trinajstić information content (AvgIpc) is 2.95. The Morgan fingerprint density at radius 1 is 1.17 bits per heavy atom. The number of nitrogens with zero attached hydrogens (tertiary/aromatic N) is 1. The number of rotatable bonds is 4. The molecule has 1 saturated heterocycles. The molecule has 1 N–H and O–H groups in total. The zero-order valence-electron chi connectivity index (χ0n) is 13.1. The highest BCUT2D eigenvalue weighted by Crippen LogP contribution is 2.29. The Hall–Kier alpha value is -1.86. The Bertz CT molecular complexity index is 896. The minimum absolute atomic E-state index is 0.0834. The van der Waals surface area contributed by atoms with E-state index in [1.165, 1.54) is 6.07 Å². The number of sulfonamides is 1. The second-order valence-corrected chi connectivity index (χ2v) is 8.22. The smallest absolute Gasteiger partial charge is 0.261 e. The first kappa shape index (κ1) is 17.0. The number of hydrogen-bond donors (Lipinski definition) is 1. The van der Waals surface area contributed by atoms with E-state index in [-0.39, 0.29) is 10.8 Å². The number of carbonyl (C=O) groups is 1. The molecule has 0 saturated carbocycles. The summed E-state index contributed by atoms with van der Waals surface area (Å²) in [6.07, 6.45) is 1.38. The molecule has 0 spiro atoms. The predicted octanol–water partition coefficient (Wildman–Crippen LogP) is 3.69. The van der Waals surface area contributed by atoms with Crippen molar-refractivity contribution in [2.75, 3.05) is 16.2 Å². The van der Waals surface area contributed by atoms with Crippen LogP contribution in [0.2, 0.25) is 0 Å². The molecular formula is C17H17BrN2O3S. The van der Waals surface area contributed by atoms with Crippen molar-refractivity contribution in [2.24, 2.45) is 0 Å². The standard InChI is InChI=1S/C17H17BrN2O3S/c1-12-11-13(8-9-16(12)20-10-4-7-17(20)21)24(22,23)19-15-6-3-2-5-14(15)18/h2-3,5-6,8-9,11,19H,4,7,10H2,1H3.